The van der Waals surface area contributed by atoms with Gasteiger partial charge in [-0.25, -0.2) is 0 Å². The summed E-state index contributed by atoms with van der Waals surface area (Å²) in [5.74, 6) is 0. The van der Waals surface area contributed by atoms with E-state index in [0.717, 1.165) is 16.5 Å². The molecule has 0 unspecified atom stereocenters. The highest BCUT2D eigenvalue weighted by Crippen LogP contribution is 2.53. The van der Waals surface area contributed by atoms with Crippen LogP contribution < -0.4 is 0 Å². The molecule has 0 aromatic heterocycles. The van der Waals surface area contributed by atoms with E-state index in [1.165, 1.54) is 27.3 Å². The first-order valence-electron chi connectivity index (χ1n) is 7.96. The van der Waals surface area contributed by atoms with Gasteiger partial charge in [-0.2, -0.15) is 0 Å². The zero-order valence-corrected chi connectivity index (χ0v) is 12.2. The fourth-order valence-corrected chi connectivity index (χ4v) is 4.39. The second kappa shape index (κ2) is 3.82. The molecule has 3 aromatic carbocycles. The van der Waals surface area contributed by atoms with Gasteiger partial charge in [-0.1, -0.05) is 42.5 Å². The summed E-state index contributed by atoms with van der Waals surface area (Å²) in [4.78, 5) is 0. The van der Waals surface area contributed by atoms with Gasteiger partial charge in [0.1, 0.15) is 24.4 Å². The Morgan fingerprint density at radius 3 is 2.78 bits per heavy atom. The van der Waals surface area contributed by atoms with Crippen molar-refractivity contribution in [3.63, 3.8) is 0 Å². The fourth-order valence-electron chi connectivity index (χ4n) is 4.39. The standard InChI is InChI=1S/C20H14O3/c21-17-13-7-6-11-12-5-4-9-2-1-3-10(15(9)12)8-14(11)16(13)19-20(23-19)18(17)22/h1-8,17-22H/t17-,18+,19+,20-/m0/s1. The Morgan fingerprint density at radius 1 is 0.957 bits per heavy atom. The molecule has 1 heterocycles. The number of ether oxygens (including phenoxy) is 1. The van der Waals surface area contributed by atoms with Crippen molar-refractivity contribution in [1.82, 2.24) is 0 Å². The van der Waals surface area contributed by atoms with E-state index in [-0.39, 0.29) is 12.2 Å². The van der Waals surface area contributed by atoms with Crippen molar-refractivity contribution >= 4 is 33.7 Å². The van der Waals surface area contributed by atoms with E-state index in [1.807, 2.05) is 6.07 Å². The average molecular weight is 302 g/mol. The Balaban J connectivity index is 1.79. The average Bonchev–Trinajstić information content (AvgIpc) is 3.25. The van der Waals surface area contributed by atoms with Crippen molar-refractivity contribution in [3.05, 3.63) is 58.7 Å². The second-order valence-electron chi connectivity index (χ2n) is 6.69. The van der Waals surface area contributed by atoms with E-state index < -0.39 is 12.2 Å². The van der Waals surface area contributed by atoms with Gasteiger partial charge in [0, 0.05) is 0 Å². The lowest BCUT2D eigenvalue weighted by Gasteiger charge is -2.25. The summed E-state index contributed by atoms with van der Waals surface area (Å²) in [5, 5.41) is 25.3. The molecule has 112 valence electrons. The van der Waals surface area contributed by atoms with Crippen LogP contribution >= 0.6 is 0 Å². The van der Waals surface area contributed by atoms with Crippen LogP contribution in [0.4, 0.5) is 0 Å². The molecule has 3 aromatic rings. The Labute approximate surface area is 132 Å². The molecular formula is C20H14O3. The van der Waals surface area contributed by atoms with E-state index in [2.05, 4.69) is 42.5 Å². The highest BCUT2D eigenvalue weighted by molar-refractivity contribution is 6.15. The van der Waals surface area contributed by atoms with Gasteiger partial charge in [0.15, 0.2) is 0 Å². The predicted molar refractivity (Wildman–Crippen MR) is 89.0 cm³/mol. The topological polar surface area (TPSA) is 53.0 Å². The van der Waals surface area contributed by atoms with Gasteiger partial charge in [-0.3, -0.25) is 0 Å². The van der Waals surface area contributed by atoms with Crippen LogP contribution in [0, 0.1) is 0 Å². The third kappa shape index (κ3) is 1.36. The normalized spacial score (nSPS) is 29.8. The lowest BCUT2D eigenvalue weighted by Crippen LogP contribution is -2.29. The lowest BCUT2D eigenvalue weighted by atomic mass is 9.83. The van der Waals surface area contributed by atoms with Gasteiger partial charge in [0.2, 0.25) is 0 Å². The Bertz CT molecular complexity index is 1050. The van der Waals surface area contributed by atoms with Gasteiger partial charge < -0.3 is 14.9 Å². The molecule has 0 spiro atoms. The van der Waals surface area contributed by atoms with E-state index in [9.17, 15) is 10.2 Å². The summed E-state index contributed by atoms with van der Waals surface area (Å²) in [6.45, 7) is 0. The molecule has 2 aliphatic carbocycles. The smallest absolute Gasteiger partial charge is 0.118 e. The Kier molecular flexibility index (Phi) is 2.03. The molecule has 3 aliphatic rings. The number of hydrogen-bond donors (Lipinski definition) is 2. The quantitative estimate of drug-likeness (QED) is 0.387. The summed E-state index contributed by atoms with van der Waals surface area (Å²) in [6, 6.07) is 12.6. The zero-order valence-electron chi connectivity index (χ0n) is 12.2. The van der Waals surface area contributed by atoms with Crippen LogP contribution in [-0.4, -0.2) is 22.4 Å². The minimum Gasteiger partial charge on any atom is -0.387 e. The minimum atomic E-state index is -0.871. The maximum Gasteiger partial charge on any atom is 0.118 e. The predicted octanol–water partition coefficient (Wildman–Crippen LogP) is 3.32. The first-order chi connectivity index (χ1) is 11.2. The molecule has 0 radical (unpaired) electrons. The molecule has 1 aliphatic heterocycles. The largest absolute Gasteiger partial charge is 0.387 e. The first-order valence-corrected chi connectivity index (χ1v) is 7.96. The molecule has 0 amide bonds. The van der Waals surface area contributed by atoms with Crippen molar-refractivity contribution in [1.29, 1.82) is 0 Å². The number of fused-ring (bicyclic) bond motifs is 6. The van der Waals surface area contributed by atoms with E-state index in [0.29, 0.717) is 0 Å². The summed E-state index contributed by atoms with van der Waals surface area (Å²) in [5.41, 5.74) is 4.35. The molecule has 1 fully saturated rings. The molecule has 1 saturated heterocycles. The van der Waals surface area contributed by atoms with E-state index in [1.54, 1.807) is 0 Å². The van der Waals surface area contributed by atoms with Crippen molar-refractivity contribution in [2.24, 2.45) is 0 Å². The molecule has 4 atom stereocenters. The second-order valence-corrected chi connectivity index (χ2v) is 6.69. The Hall–Kier alpha value is -2.20. The summed E-state index contributed by atoms with van der Waals surface area (Å²) >= 11 is 0. The van der Waals surface area contributed by atoms with Crippen molar-refractivity contribution in [3.8, 4) is 0 Å². The SMILES string of the molecule is O[C@H]1[C@@H]2O[C@@H]2c2c(ccc3c4c5c(cccc5cc23)C=C4)[C@@H]1O. The van der Waals surface area contributed by atoms with E-state index >= 15 is 0 Å². The maximum atomic E-state index is 10.4. The number of aliphatic hydroxyl groups is 2. The van der Waals surface area contributed by atoms with Gasteiger partial charge >= 0.3 is 0 Å². The molecule has 23 heavy (non-hydrogen) atoms. The number of hydrogen-bond acceptors (Lipinski definition) is 3. The van der Waals surface area contributed by atoms with Gasteiger partial charge in [0.05, 0.1) is 0 Å². The summed E-state index contributed by atoms with van der Waals surface area (Å²) in [7, 11) is 0. The summed E-state index contributed by atoms with van der Waals surface area (Å²) < 4.78 is 5.67. The highest BCUT2D eigenvalue weighted by Gasteiger charge is 2.54. The van der Waals surface area contributed by atoms with Crippen LogP contribution in [0.2, 0.25) is 0 Å². The molecule has 3 nitrogen and oxygen atoms in total. The van der Waals surface area contributed by atoms with Crippen LogP contribution in [0.3, 0.4) is 0 Å². The molecule has 0 saturated carbocycles. The van der Waals surface area contributed by atoms with Gasteiger partial charge in [-0.15, -0.1) is 0 Å². The van der Waals surface area contributed by atoms with Crippen LogP contribution in [0.5, 0.6) is 0 Å². The number of epoxide rings is 1. The molecule has 2 N–H and O–H groups in total. The summed E-state index contributed by atoms with van der Waals surface area (Å²) in [6.07, 6.45) is 2.27. The minimum absolute atomic E-state index is 0.0923. The van der Waals surface area contributed by atoms with Crippen LogP contribution in [-0.2, 0) is 4.74 Å². The Morgan fingerprint density at radius 2 is 1.87 bits per heavy atom. The van der Waals surface area contributed by atoms with Crippen LogP contribution in [0.25, 0.3) is 33.7 Å². The molecule has 3 heteroatoms. The third-order valence-electron chi connectivity index (χ3n) is 5.53. The van der Waals surface area contributed by atoms with Crippen molar-refractivity contribution in [2.75, 3.05) is 0 Å². The van der Waals surface area contributed by atoms with Gasteiger partial charge in [-0.05, 0) is 49.9 Å². The maximum absolute atomic E-state index is 10.4. The number of benzene rings is 3. The van der Waals surface area contributed by atoms with Crippen LogP contribution in [0.1, 0.15) is 34.5 Å². The van der Waals surface area contributed by atoms with Crippen LogP contribution in [0.15, 0.2) is 36.4 Å². The number of aliphatic hydroxyl groups excluding tert-OH is 2. The zero-order chi connectivity index (χ0) is 15.3. The third-order valence-corrected chi connectivity index (χ3v) is 5.53. The van der Waals surface area contributed by atoms with Crippen molar-refractivity contribution < 1.29 is 14.9 Å². The fraction of sp³-hybridized carbons (Fsp3) is 0.200. The van der Waals surface area contributed by atoms with Crippen molar-refractivity contribution in [2.45, 2.75) is 24.4 Å². The number of rotatable bonds is 0. The molecular weight excluding hydrogens is 288 g/mol. The highest BCUT2D eigenvalue weighted by atomic mass is 16.6. The lowest BCUT2D eigenvalue weighted by molar-refractivity contribution is 0.000106. The molecule has 6 rings (SSSR count). The first kappa shape index (κ1) is 12.3. The van der Waals surface area contributed by atoms with Gasteiger partial charge in [0.25, 0.3) is 0 Å². The monoisotopic (exact) mass is 302 g/mol. The van der Waals surface area contributed by atoms with E-state index in [4.69, 9.17) is 4.74 Å². The molecule has 0 bridgehead atoms.